The normalized spacial score (nSPS) is 12.7. The summed E-state index contributed by atoms with van der Waals surface area (Å²) in [6.45, 7) is 5.63. The predicted molar refractivity (Wildman–Crippen MR) is 166 cm³/mol. The average molecular weight is 575 g/mol. The molecule has 5 aromatic rings. The molecule has 7 rings (SSSR count). The largest absolute Gasteiger partial charge is 0.493 e. The molecule has 0 bridgehead atoms. The molecule has 2 aromatic heterocycles. The quantitative estimate of drug-likeness (QED) is 0.241. The van der Waals surface area contributed by atoms with Crippen molar-refractivity contribution in [2.45, 2.75) is 26.7 Å². The fourth-order valence-electron chi connectivity index (χ4n) is 5.30. The Kier molecular flexibility index (Phi) is 7.75. The summed E-state index contributed by atoms with van der Waals surface area (Å²) in [4.78, 5) is 20.6. The fraction of sp³-hybridized carbons (Fsp3) is 0.171. The van der Waals surface area contributed by atoms with E-state index in [-0.39, 0.29) is 5.56 Å². The van der Waals surface area contributed by atoms with Crippen molar-refractivity contribution in [3.05, 3.63) is 119 Å². The van der Waals surface area contributed by atoms with Crippen molar-refractivity contribution in [2.24, 2.45) is 0 Å². The number of anilines is 2. The number of hydrogen-bond acceptors (Lipinski definition) is 6. The fourth-order valence-corrected chi connectivity index (χ4v) is 5.30. The number of carbonyl (C=O) groups excluding carboxylic acids is 1. The molecule has 1 amide bonds. The molecule has 0 aliphatic carbocycles. The van der Waals surface area contributed by atoms with Crippen LogP contribution in [0.3, 0.4) is 0 Å². The first-order valence-electron chi connectivity index (χ1n) is 14.1. The monoisotopic (exact) mass is 574 g/mol. The molecule has 4 heterocycles. The van der Waals surface area contributed by atoms with Gasteiger partial charge in [-0.2, -0.15) is 0 Å². The Morgan fingerprint density at radius 2 is 1.37 bits per heavy atom. The molecule has 0 atom stereocenters. The van der Waals surface area contributed by atoms with Crippen molar-refractivity contribution in [1.29, 1.82) is 0 Å². The van der Waals surface area contributed by atoms with Crippen molar-refractivity contribution in [3.8, 4) is 33.8 Å². The molecule has 0 unspecified atom stereocenters. The Morgan fingerprint density at radius 1 is 0.791 bits per heavy atom. The highest BCUT2D eigenvalue weighted by Gasteiger charge is 2.17. The molecule has 2 aliphatic heterocycles. The van der Waals surface area contributed by atoms with Crippen LogP contribution in [0.25, 0.3) is 22.3 Å². The summed E-state index contributed by atoms with van der Waals surface area (Å²) >= 11 is 0. The number of fused-ring (bicyclic) bond motifs is 2. The maximum absolute atomic E-state index is 13.7. The van der Waals surface area contributed by atoms with E-state index in [1.54, 1.807) is 24.4 Å². The van der Waals surface area contributed by atoms with E-state index >= 15 is 0 Å². The standard InChI is InChI=1S/C21H17FN2O2.C14H14N2O/c1-13-10-19-14(8-9-26-19)11-17(13)15-6-7-20(23-12-15)24-21(25)16-4-2-3-5-18(16)22;1-9-6-13-10(4-5-17-13)7-12(9)11-2-3-14(15)16-8-11/h2-7,10-12H,8-9H2,1H3,(H,23,24,25);2-3,6-8H,4-5H2,1H3,(H2,15,16). The lowest BCUT2D eigenvalue weighted by atomic mass is 9.98. The smallest absolute Gasteiger partial charge is 0.259 e. The molecule has 8 heteroatoms. The maximum atomic E-state index is 13.7. The zero-order valence-corrected chi connectivity index (χ0v) is 24.0. The number of aryl methyl sites for hydroxylation is 2. The highest BCUT2D eigenvalue weighted by molar-refractivity contribution is 6.04. The number of nitrogen functional groups attached to an aromatic ring is 1. The number of pyridine rings is 2. The molecule has 7 nitrogen and oxygen atoms in total. The number of benzene rings is 3. The second-order valence-electron chi connectivity index (χ2n) is 10.6. The Bertz CT molecular complexity index is 1800. The van der Waals surface area contributed by atoms with Gasteiger partial charge in [-0.05, 0) is 108 Å². The van der Waals surface area contributed by atoms with Crippen molar-refractivity contribution in [1.82, 2.24) is 9.97 Å². The molecule has 0 saturated heterocycles. The third kappa shape index (κ3) is 6.04. The van der Waals surface area contributed by atoms with E-state index < -0.39 is 11.7 Å². The van der Waals surface area contributed by atoms with Crippen LogP contribution in [-0.2, 0) is 12.8 Å². The predicted octanol–water partition coefficient (Wildman–Crippen LogP) is 6.96. The van der Waals surface area contributed by atoms with Crippen molar-refractivity contribution in [3.63, 3.8) is 0 Å². The van der Waals surface area contributed by atoms with Crippen LogP contribution < -0.4 is 20.5 Å². The van der Waals surface area contributed by atoms with Crippen molar-refractivity contribution >= 4 is 17.5 Å². The number of carbonyl (C=O) groups is 1. The summed E-state index contributed by atoms with van der Waals surface area (Å²) in [5.74, 6) is 1.83. The summed E-state index contributed by atoms with van der Waals surface area (Å²) < 4.78 is 24.8. The number of amides is 1. The summed E-state index contributed by atoms with van der Waals surface area (Å²) in [5, 5.41) is 2.62. The number of aromatic nitrogens is 2. The Labute approximate surface area is 249 Å². The van der Waals surface area contributed by atoms with E-state index in [9.17, 15) is 9.18 Å². The Hall–Kier alpha value is -5.24. The van der Waals surface area contributed by atoms with Crippen molar-refractivity contribution < 1.29 is 18.7 Å². The lowest BCUT2D eigenvalue weighted by Crippen LogP contribution is -2.14. The SMILES string of the molecule is Cc1cc2c(cc1-c1ccc(N)nc1)CCO2.Cc1cc2c(cc1-c1ccc(NC(=O)c3ccccc3F)nc1)CCO2. The van der Waals surface area contributed by atoms with Gasteiger partial charge in [-0.3, -0.25) is 4.79 Å². The van der Waals surface area contributed by atoms with Crippen LogP contribution in [0.1, 0.15) is 32.6 Å². The molecule has 43 heavy (non-hydrogen) atoms. The van der Waals surface area contributed by atoms with Gasteiger partial charge in [0, 0.05) is 36.4 Å². The second-order valence-corrected chi connectivity index (χ2v) is 10.6. The number of rotatable bonds is 4. The van der Waals surface area contributed by atoms with Gasteiger partial charge in [-0.25, -0.2) is 14.4 Å². The van der Waals surface area contributed by atoms with Gasteiger partial charge in [0.15, 0.2) is 0 Å². The van der Waals surface area contributed by atoms with Gasteiger partial charge in [-0.1, -0.05) is 12.1 Å². The van der Waals surface area contributed by atoms with E-state index in [1.807, 2.05) is 37.4 Å². The van der Waals surface area contributed by atoms with Crippen LogP contribution in [-0.4, -0.2) is 29.1 Å². The summed E-state index contributed by atoms with van der Waals surface area (Å²) in [6.07, 6.45) is 5.43. The molecule has 216 valence electrons. The molecule has 2 aliphatic rings. The minimum atomic E-state index is -0.558. The van der Waals surface area contributed by atoms with Gasteiger partial charge in [-0.15, -0.1) is 0 Å². The Morgan fingerprint density at radius 3 is 1.91 bits per heavy atom. The van der Waals surface area contributed by atoms with Crippen LogP contribution in [0.5, 0.6) is 11.5 Å². The number of hydrogen-bond donors (Lipinski definition) is 2. The third-order valence-corrected chi connectivity index (χ3v) is 7.60. The highest BCUT2D eigenvalue weighted by Crippen LogP contribution is 2.35. The van der Waals surface area contributed by atoms with Crippen LogP contribution in [0.15, 0.2) is 85.2 Å². The zero-order valence-electron chi connectivity index (χ0n) is 24.0. The Balaban J connectivity index is 0.000000167. The summed E-state index contributed by atoms with van der Waals surface area (Å²) in [5.41, 5.74) is 14.7. The molecule has 3 aromatic carbocycles. The van der Waals surface area contributed by atoms with E-state index in [1.165, 1.54) is 34.4 Å². The summed E-state index contributed by atoms with van der Waals surface area (Å²) in [7, 11) is 0. The first-order valence-corrected chi connectivity index (χ1v) is 14.1. The molecule has 0 radical (unpaired) electrons. The molecule has 0 spiro atoms. The third-order valence-electron chi connectivity index (χ3n) is 7.60. The summed E-state index contributed by atoms with van der Waals surface area (Å²) in [6, 6.07) is 21.8. The average Bonchev–Trinajstić information content (AvgIpc) is 3.66. The first kappa shape index (κ1) is 27.9. The zero-order chi connectivity index (χ0) is 29.9. The van der Waals surface area contributed by atoms with Gasteiger partial charge in [0.1, 0.15) is 29.0 Å². The topological polar surface area (TPSA) is 99.4 Å². The highest BCUT2D eigenvalue weighted by atomic mass is 19.1. The van der Waals surface area contributed by atoms with Crippen LogP contribution in [0, 0.1) is 19.7 Å². The van der Waals surface area contributed by atoms with Gasteiger partial charge in [0.2, 0.25) is 0 Å². The van der Waals surface area contributed by atoms with Gasteiger partial charge < -0.3 is 20.5 Å². The van der Waals surface area contributed by atoms with E-state index in [0.29, 0.717) is 11.6 Å². The van der Waals surface area contributed by atoms with Crippen LogP contribution in [0.4, 0.5) is 16.0 Å². The molecule has 3 N–H and O–H groups in total. The maximum Gasteiger partial charge on any atom is 0.259 e. The van der Waals surface area contributed by atoms with Gasteiger partial charge in [0.25, 0.3) is 5.91 Å². The lowest BCUT2D eigenvalue weighted by Gasteiger charge is -2.10. The molecular formula is C35H31FN4O3. The molecular weight excluding hydrogens is 543 g/mol. The first-order chi connectivity index (χ1) is 20.9. The van der Waals surface area contributed by atoms with E-state index in [4.69, 9.17) is 15.2 Å². The number of halogens is 1. The van der Waals surface area contributed by atoms with Crippen LogP contribution >= 0.6 is 0 Å². The minimum Gasteiger partial charge on any atom is -0.493 e. The van der Waals surface area contributed by atoms with Crippen LogP contribution in [0.2, 0.25) is 0 Å². The number of nitrogens with two attached hydrogens (primary N) is 1. The number of nitrogens with one attached hydrogen (secondary N) is 1. The van der Waals surface area contributed by atoms with Gasteiger partial charge >= 0.3 is 0 Å². The minimum absolute atomic E-state index is 0.00663. The lowest BCUT2D eigenvalue weighted by molar-refractivity contribution is 0.102. The molecule has 0 saturated carbocycles. The van der Waals surface area contributed by atoms with Gasteiger partial charge in [0.05, 0.1) is 18.8 Å². The molecule has 0 fully saturated rings. The van der Waals surface area contributed by atoms with Crippen molar-refractivity contribution in [2.75, 3.05) is 24.3 Å². The number of nitrogens with zero attached hydrogens (tertiary/aromatic N) is 2. The second kappa shape index (κ2) is 11.9. The van der Waals surface area contributed by atoms with E-state index in [0.717, 1.165) is 59.8 Å². The number of ether oxygens (including phenoxy) is 2. The van der Waals surface area contributed by atoms with E-state index in [2.05, 4.69) is 40.4 Å².